The highest BCUT2D eigenvalue weighted by Crippen LogP contribution is 2.37. The molecule has 0 radical (unpaired) electrons. The van der Waals surface area contributed by atoms with E-state index in [4.69, 9.17) is 14.2 Å². The summed E-state index contributed by atoms with van der Waals surface area (Å²) < 4.78 is 17.0. The van der Waals surface area contributed by atoms with Gasteiger partial charge in [0.15, 0.2) is 0 Å². The molecule has 0 aromatic heterocycles. The molecule has 1 aliphatic heterocycles. The number of aryl methyl sites for hydroxylation is 1. The van der Waals surface area contributed by atoms with E-state index >= 15 is 0 Å². The van der Waals surface area contributed by atoms with Crippen LogP contribution in [0.15, 0.2) is 54.6 Å². The highest BCUT2D eigenvalue weighted by molar-refractivity contribution is 8.00. The van der Waals surface area contributed by atoms with E-state index in [0.29, 0.717) is 18.8 Å². The van der Waals surface area contributed by atoms with E-state index in [1.54, 1.807) is 31.0 Å². The van der Waals surface area contributed by atoms with E-state index in [2.05, 4.69) is 0 Å². The zero-order valence-corrected chi connectivity index (χ0v) is 15.9. The number of rotatable bonds is 7. The van der Waals surface area contributed by atoms with Gasteiger partial charge in [-0.25, -0.2) is 4.79 Å². The molecule has 26 heavy (non-hydrogen) atoms. The number of benzene rings is 2. The van der Waals surface area contributed by atoms with Crippen molar-refractivity contribution < 1.29 is 19.0 Å². The lowest BCUT2D eigenvalue weighted by Crippen LogP contribution is -2.26. The number of carbonyl (C=O) groups excluding carboxylic acids is 1. The average Bonchev–Trinajstić information content (AvgIpc) is 3.05. The number of thioether (sulfide) groups is 1. The Morgan fingerprint density at radius 3 is 2.54 bits per heavy atom. The Bertz CT molecular complexity index is 702. The third kappa shape index (κ3) is 5.10. The van der Waals surface area contributed by atoms with Gasteiger partial charge in [-0.2, -0.15) is 0 Å². The molecule has 1 aliphatic rings. The average molecular weight is 372 g/mol. The zero-order valence-electron chi connectivity index (χ0n) is 15.1. The maximum atomic E-state index is 12.4. The lowest BCUT2D eigenvalue weighted by molar-refractivity contribution is -0.00367. The van der Waals surface area contributed by atoms with Crippen LogP contribution in [0, 0.1) is 6.92 Å². The van der Waals surface area contributed by atoms with Gasteiger partial charge in [0.1, 0.15) is 11.5 Å². The predicted octanol–water partition coefficient (Wildman–Crippen LogP) is 4.22. The fraction of sp³-hybridized carbons (Fsp3) is 0.381. The van der Waals surface area contributed by atoms with Gasteiger partial charge >= 0.3 is 5.97 Å². The van der Waals surface area contributed by atoms with Crippen LogP contribution in [0.4, 0.5) is 0 Å². The van der Waals surface area contributed by atoms with Gasteiger partial charge in [-0.3, -0.25) is 0 Å². The van der Waals surface area contributed by atoms with Crippen molar-refractivity contribution in [3.8, 4) is 0 Å². The van der Waals surface area contributed by atoms with Crippen LogP contribution in [0.5, 0.6) is 0 Å². The highest BCUT2D eigenvalue weighted by atomic mass is 32.2. The van der Waals surface area contributed by atoms with Gasteiger partial charge in [0.05, 0.1) is 18.8 Å². The third-order valence-electron chi connectivity index (χ3n) is 4.32. The van der Waals surface area contributed by atoms with Gasteiger partial charge in [0.25, 0.3) is 0 Å². The standard InChI is InChI=1S/C21H24O4S/c1-15-8-10-17(11-9-15)20(22)25-19-12-18(26-21(19)23-2)14-24-13-16-6-4-3-5-7-16/h3-11,18-19,21H,12-14H2,1-2H3/t18-,19?,21?/m0/s1. The molecule has 1 saturated heterocycles. The molecule has 138 valence electrons. The number of esters is 1. The topological polar surface area (TPSA) is 44.8 Å². The van der Waals surface area contributed by atoms with Crippen LogP contribution in [0.3, 0.4) is 0 Å². The first-order valence-corrected chi connectivity index (χ1v) is 9.67. The van der Waals surface area contributed by atoms with Crippen molar-refractivity contribution in [3.05, 3.63) is 71.3 Å². The monoisotopic (exact) mass is 372 g/mol. The molecule has 5 heteroatoms. The van der Waals surface area contributed by atoms with Crippen LogP contribution in [-0.2, 0) is 20.8 Å². The molecule has 1 fully saturated rings. The van der Waals surface area contributed by atoms with E-state index in [0.717, 1.165) is 17.5 Å². The van der Waals surface area contributed by atoms with E-state index in [9.17, 15) is 4.79 Å². The fourth-order valence-electron chi connectivity index (χ4n) is 2.90. The maximum Gasteiger partial charge on any atom is 0.338 e. The third-order valence-corrected chi connectivity index (χ3v) is 5.80. The van der Waals surface area contributed by atoms with E-state index in [1.807, 2.05) is 49.4 Å². The number of hydrogen-bond acceptors (Lipinski definition) is 5. The van der Waals surface area contributed by atoms with Crippen molar-refractivity contribution in [2.75, 3.05) is 13.7 Å². The largest absolute Gasteiger partial charge is 0.455 e. The molecule has 4 nitrogen and oxygen atoms in total. The summed E-state index contributed by atoms with van der Waals surface area (Å²) in [6.45, 7) is 3.19. The van der Waals surface area contributed by atoms with Gasteiger partial charge in [-0.05, 0) is 24.6 Å². The molecule has 0 saturated carbocycles. The SMILES string of the molecule is COC1S[C@H](COCc2ccccc2)CC1OC(=O)c1ccc(C)cc1. The summed E-state index contributed by atoms with van der Waals surface area (Å²) in [6, 6.07) is 17.5. The smallest absolute Gasteiger partial charge is 0.338 e. The van der Waals surface area contributed by atoms with Crippen LogP contribution in [0.2, 0.25) is 0 Å². The van der Waals surface area contributed by atoms with Gasteiger partial charge in [-0.15, -0.1) is 11.8 Å². The van der Waals surface area contributed by atoms with Crippen molar-refractivity contribution in [1.82, 2.24) is 0 Å². The molecule has 0 N–H and O–H groups in total. The molecule has 0 bridgehead atoms. The molecule has 0 aliphatic carbocycles. The minimum Gasteiger partial charge on any atom is -0.455 e. The molecule has 3 rings (SSSR count). The van der Waals surface area contributed by atoms with Gasteiger partial charge in [0, 0.05) is 18.8 Å². The summed E-state index contributed by atoms with van der Waals surface area (Å²) >= 11 is 1.67. The van der Waals surface area contributed by atoms with Gasteiger partial charge in [0.2, 0.25) is 0 Å². The normalized spacial score (nSPS) is 22.3. The van der Waals surface area contributed by atoms with E-state index < -0.39 is 0 Å². The maximum absolute atomic E-state index is 12.4. The lowest BCUT2D eigenvalue weighted by Gasteiger charge is -2.17. The fourth-order valence-corrected chi connectivity index (χ4v) is 4.21. The van der Waals surface area contributed by atoms with E-state index in [1.165, 1.54) is 0 Å². The Morgan fingerprint density at radius 2 is 1.85 bits per heavy atom. The first-order chi connectivity index (χ1) is 12.7. The van der Waals surface area contributed by atoms with Crippen LogP contribution in [-0.4, -0.2) is 36.5 Å². The Kier molecular flexibility index (Phi) is 6.72. The second-order valence-electron chi connectivity index (χ2n) is 6.41. The molecule has 1 heterocycles. The molecule has 2 unspecified atom stereocenters. The molecule has 3 atom stereocenters. The minimum absolute atomic E-state index is 0.158. The van der Waals surface area contributed by atoms with Crippen LogP contribution >= 0.6 is 11.8 Å². The summed E-state index contributed by atoms with van der Waals surface area (Å²) in [5, 5.41) is 0.250. The van der Waals surface area contributed by atoms with Crippen molar-refractivity contribution in [2.24, 2.45) is 0 Å². The Hall–Kier alpha value is -1.82. The molecular formula is C21H24O4S. The lowest BCUT2D eigenvalue weighted by atomic mass is 10.1. The Labute approximate surface area is 158 Å². The molecule has 0 spiro atoms. The van der Waals surface area contributed by atoms with E-state index in [-0.39, 0.29) is 22.8 Å². The number of ether oxygens (including phenoxy) is 3. The first kappa shape index (κ1) is 19.0. The zero-order chi connectivity index (χ0) is 18.4. The second kappa shape index (κ2) is 9.21. The number of hydrogen-bond donors (Lipinski definition) is 0. The molecule has 0 amide bonds. The Morgan fingerprint density at radius 1 is 1.12 bits per heavy atom. The summed E-state index contributed by atoms with van der Waals surface area (Å²) in [6.07, 6.45) is 0.472. The number of methoxy groups -OCH3 is 1. The van der Waals surface area contributed by atoms with Crippen molar-refractivity contribution in [1.29, 1.82) is 0 Å². The summed E-state index contributed by atoms with van der Waals surface area (Å²) in [5.74, 6) is -0.302. The van der Waals surface area contributed by atoms with Crippen LogP contribution in [0.1, 0.15) is 27.9 Å². The van der Waals surface area contributed by atoms with Gasteiger partial charge < -0.3 is 14.2 Å². The predicted molar refractivity (Wildman–Crippen MR) is 103 cm³/mol. The Balaban J connectivity index is 1.50. The van der Waals surface area contributed by atoms with Gasteiger partial charge in [-0.1, -0.05) is 48.0 Å². The van der Waals surface area contributed by atoms with Crippen molar-refractivity contribution in [2.45, 2.75) is 36.7 Å². The summed E-state index contributed by atoms with van der Waals surface area (Å²) in [5.41, 5.74) is 2.68. The summed E-state index contributed by atoms with van der Waals surface area (Å²) in [4.78, 5) is 12.4. The minimum atomic E-state index is -0.302. The summed E-state index contributed by atoms with van der Waals surface area (Å²) in [7, 11) is 1.65. The second-order valence-corrected chi connectivity index (χ2v) is 7.81. The van der Waals surface area contributed by atoms with Crippen molar-refractivity contribution in [3.63, 3.8) is 0 Å². The highest BCUT2D eigenvalue weighted by Gasteiger charge is 2.38. The first-order valence-electron chi connectivity index (χ1n) is 8.73. The molecule has 2 aromatic rings. The van der Waals surface area contributed by atoms with Crippen molar-refractivity contribution >= 4 is 17.7 Å². The van der Waals surface area contributed by atoms with Crippen LogP contribution < -0.4 is 0 Å². The number of carbonyl (C=O) groups is 1. The quantitative estimate of drug-likeness (QED) is 0.681. The molecular weight excluding hydrogens is 348 g/mol. The van der Waals surface area contributed by atoms with Crippen LogP contribution in [0.25, 0.3) is 0 Å². The molecule has 2 aromatic carbocycles.